The molecule has 13 rings (SSSR count). The lowest BCUT2D eigenvalue weighted by molar-refractivity contribution is 0.590. The highest BCUT2D eigenvalue weighted by Gasteiger charge is 2.27. The van der Waals surface area contributed by atoms with E-state index < -0.39 is 0 Å². The smallest absolute Gasteiger partial charge is 0.0620 e. The van der Waals surface area contributed by atoms with Gasteiger partial charge in [0.15, 0.2) is 0 Å². The molecule has 0 radical (unpaired) electrons. The van der Waals surface area contributed by atoms with Gasteiger partial charge in [-0.2, -0.15) is 0 Å². The summed E-state index contributed by atoms with van der Waals surface area (Å²) in [6.07, 6.45) is 0. The van der Waals surface area contributed by atoms with E-state index in [9.17, 15) is 0 Å². The summed E-state index contributed by atoms with van der Waals surface area (Å²) in [4.78, 5) is 7.91. The van der Waals surface area contributed by atoms with E-state index in [4.69, 9.17) is 0 Å². The first kappa shape index (κ1) is 44.3. The molecule has 0 aliphatic heterocycles. The molecule has 0 fully saturated rings. The minimum Gasteiger partial charge on any atom is -0.354 e. The first-order valence-corrected chi connectivity index (χ1v) is 26.5. The van der Waals surface area contributed by atoms with E-state index in [1.165, 1.54) is 104 Å². The van der Waals surface area contributed by atoms with Crippen LogP contribution in [0.3, 0.4) is 0 Å². The predicted octanol–water partition coefficient (Wildman–Crippen LogP) is 20.2. The largest absolute Gasteiger partial charge is 0.354 e. The molecule has 4 aromatic heterocycles. The van der Waals surface area contributed by atoms with Crippen molar-refractivity contribution in [3.63, 3.8) is 0 Å². The molecule has 9 aromatic carbocycles. The van der Waals surface area contributed by atoms with Gasteiger partial charge in [0.25, 0.3) is 0 Å². The van der Waals surface area contributed by atoms with Gasteiger partial charge in [0.05, 0.1) is 27.6 Å². The second-order valence-electron chi connectivity index (χ2n) is 23.1. The van der Waals surface area contributed by atoms with Gasteiger partial charge in [0, 0.05) is 74.2 Å². The third-order valence-electron chi connectivity index (χ3n) is 15.4. The van der Waals surface area contributed by atoms with Gasteiger partial charge < -0.3 is 14.4 Å². The molecule has 0 aliphatic carbocycles. The van der Waals surface area contributed by atoms with E-state index in [1.807, 2.05) is 0 Å². The van der Waals surface area contributed by atoms with Gasteiger partial charge in [-0.3, -0.25) is 0 Å². The topological polar surface area (TPSA) is 36.0 Å². The fourth-order valence-corrected chi connectivity index (χ4v) is 12.5. The standard InChI is InChI=1S/C66H55Br2N3/c1-64(2,3)40-21-23-59-47(27-40)53-30-42(66(7,8)9)31-54-48-32-46-52-29-41(65(4,5)6)28-51(62(52)70-58(46)35-60(48)71(59)63(53)54)44-34-55(67)43(33-56(44)68)49-25-39(37-18-14-11-15-19-37)26-50-45-24-38(36-16-12-10-13-17-36)20-22-57(45)69-61(49)50/h10-35,69-70H,1-9H3. The number of aromatic amines is 2. The number of hydrogen-bond acceptors (Lipinski definition) is 0. The summed E-state index contributed by atoms with van der Waals surface area (Å²) in [6, 6.07) is 59.3. The summed E-state index contributed by atoms with van der Waals surface area (Å²) in [5.74, 6) is 0. The Morgan fingerprint density at radius 1 is 0.338 bits per heavy atom. The van der Waals surface area contributed by atoms with Crippen molar-refractivity contribution >= 4 is 114 Å². The zero-order valence-electron chi connectivity index (χ0n) is 41.7. The predicted molar refractivity (Wildman–Crippen MR) is 313 cm³/mol. The van der Waals surface area contributed by atoms with Crippen LogP contribution in [0.5, 0.6) is 0 Å². The zero-order chi connectivity index (χ0) is 49.0. The molecule has 3 nitrogen and oxygen atoms in total. The van der Waals surface area contributed by atoms with Gasteiger partial charge in [-0.1, -0.05) is 167 Å². The molecular formula is C66H55Br2N3. The van der Waals surface area contributed by atoms with Crippen molar-refractivity contribution in [3.8, 4) is 44.5 Å². The zero-order valence-corrected chi connectivity index (χ0v) is 44.9. The highest BCUT2D eigenvalue weighted by Crippen LogP contribution is 2.49. The van der Waals surface area contributed by atoms with Gasteiger partial charge in [-0.25, -0.2) is 0 Å². The monoisotopic (exact) mass is 1050 g/mol. The third kappa shape index (κ3) is 6.94. The van der Waals surface area contributed by atoms with Crippen molar-refractivity contribution < 1.29 is 0 Å². The molecule has 348 valence electrons. The summed E-state index contributed by atoms with van der Waals surface area (Å²) in [6.45, 7) is 20.9. The van der Waals surface area contributed by atoms with Crippen LogP contribution in [0, 0.1) is 0 Å². The lowest BCUT2D eigenvalue weighted by Gasteiger charge is -2.21. The second kappa shape index (κ2) is 15.4. The van der Waals surface area contributed by atoms with Gasteiger partial charge in [0.1, 0.15) is 0 Å². The number of hydrogen-bond donors (Lipinski definition) is 2. The average Bonchev–Trinajstić information content (AvgIpc) is 4.09. The number of nitrogens with zero attached hydrogens (tertiary/aromatic N) is 1. The lowest BCUT2D eigenvalue weighted by atomic mass is 9.83. The number of aromatic nitrogens is 3. The Morgan fingerprint density at radius 3 is 1.45 bits per heavy atom. The molecule has 13 aromatic rings. The number of fused-ring (bicyclic) bond motifs is 12. The van der Waals surface area contributed by atoms with E-state index in [-0.39, 0.29) is 16.2 Å². The van der Waals surface area contributed by atoms with E-state index >= 15 is 0 Å². The Hall–Kier alpha value is -6.66. The molecule has 4 heterocycles. The molecule has 71 heavy (non-hydrogen) atoms. The SMILES string of the molecule is CC(C)(C)c1cc(-c2cc(Br)c(-c3cc(-c4ccccc4)cc4c3[nH]c3ccc(-c5ccccc5)cc34)cc2Br)c2[nH]c3cc4c(cc3c2c1)c1cc(C(C)(C)C)cc2c3cc(C(C)(C)C)ccc3n4c21. The van der Waals surface area contributed by atoms with Gasteiger partial charge in [-0.05, 0) is 151 Å². The molecule has 0 saturated heterocycles. The number of H-pyrrole nitrogens is 2. The van der Waals surface area contributed by atoms with E-state index in [0.717, 1.165) is 47.7 Å². The normalized spacial score (nSPS) is 13.0. The minimum absolute atomic E-state index is 0.0129. The first-order valence-electron chi connectivity index (χ1n) is 24.9. The number of nitrogens with one attached hydrogen (secondary N) is 2. The Morgan fingerprint density at radius 2 is 0.831 bits per heavy atom. The van der Waals surface area contributed by atoms with Crippen LogP contribution in [0.25, 0.3) is 126 Å². The highest BCUT2D eigenvalue weighted by molar-refractivity contribution is 9.11. The minimum atomic E-state index is -0.0945. The van der Waals surface area contributed by atoms with E-state index in [1.54, 1.807) is 0 Å². The molecule has 5 heteroatoms. The summed E-state index contributed by atoms with van der Waals surface area (Å²) in [5, 5.41) is 10.2. The summed E-state index contributed by atoms with van der Waals surface area (Å²) in [7, 11) is 0. The van der Waals surface area contributed by atoms with Crippen molar-refractivity contribution in [1.82, 2.24) is 14.4 Å². The maximum Gasteiger partial charge on any atom is 0.0620 e. The molecule has 0 bridgehead atoms. The van der Waals surface area contributed by atoms with Crippen molar-refractivity contribution in [1.29, 1.82) is 0 Å². The Balaban J connectivity index is 1.03. The van der Waals surface area contributed by atoms with Gasteiger partial charge in [0.2, 0.25) is 0 Å². The van der Waals surface area contributed by atoms with Crippen LogP contribution in [0.2, 0.25) is 0 Å². The number of halogens is 2. The van der Waals surface area contributed by atoms with E-state index in [2.05, 4.69) is 266 Å². The van der Waals surface area contributed by atoms with Crippen molar-refractivity contribution in [2.24, 2.45) is 0 Å². The fraction of sp³-hybridized carbons (Fsp3) is 0.182. The van der Waals surface area contributed by atoms with Gasteiger partial charge in [-0.15, -0.1) is 0 Å². The summed E-state index contributed by atoms with van der Waals surface area (Å²) < 4.78 is 4.59. The Bertz CT molecular complexity index is 4330. The third-order valence-corrected chi connectivity index (χ3v) is 16.7. The molecule has 0 aliphatic rings. The first-order chi connectivity index (χ1) is 33.9. The Kier molecular flexibility index (Phi) is 9.62. The molecular weight excluding hydrogens is 995 g/mol. The van der Waals surface area contributed by atoms with Crippen LogP contribution in [-0.2, 0) is 16.2 Å². The maximum absolute atomic E-state index is 4.21. The van der Waals surface area contributed by atoms with Gasteiger partial charge >= 0.3 is 0 Å². The number of benzene rings is 9. The van der Waals surface area contributed by atoms with Crippen LogP contribution in [0.4, 0.5) is 0 Å². The maximum atomic E-state index is 4.21. The second-order valence-corrected chi connectivity index (χ2v) is 24.8. The highest BCUT2D eigenvalue weighted by atomic mass is 79.9. The van der Waals surface area contributed by atoms with Crippen molar-refractivity contribution in [3.05, 3.63) is 183 Å². The number of rotatable bonds is 4. The molecule has 2 N–H and O–H groups in total. The van der Waals surface area contributed by atoms with Crippen LogP contribution in [0.1, 0.15) is 79.0 Å². The molecule has 0 amide bonds. The summed E-state index contributed by atoms with van der Waals surface area (Å²) >= 11 is 8.40. The molecule has 0 atom stereocenters. The summed E-state index contributed by atoms with van der Waals surface area (Å²) in [5.41, 5.74) is 21.6. The van der Waals surface area contributed by atoms with Crippen molar-refractivity contribution in [2.75, 3.05) is 0 Å². The quantitative estimate of drug-likeness (QED) is 0.176. The Labute approximate surface area is 431 Å². The molecule has 0 saturated carbocycles. The van der Waals surface area contributed by atoms with E-state index in [0.29, 0.717) is 0 Å². The molecule has 0 spiro atoms. The lowest BCUT2D eigenvalue weighted by Crippen LogP contribution is -2.11. The van der Waals surface area contributed by atoms with Crippen LogP contribution < -0.4 is 0 Å². The van der Waals surface area contributed by atoms with Crippen LogP contribution in [-0.4, -0.2) is 14.4 Å². The average molecular weight is 1050 g/mol. The fourth-order valence-electron chi connectivity index (χ4n) is 11.4. The van der Waals surface area contributed by atoms with Crippen LogP contribution in [0.15, 0.2) is 167 Å². The molecule has 0 unspecified atom stereocenters. The van der Waals surface area contributed by atoms with Crippen LogP contribution >= 0.6 is 31.9 Å². The van der Waals surface area contributed by atoms with Crippen molar-refractivity contribution in [2.45, 2.75) is 78.6 Å².